The van der Waals surface area contributed by atoms with Crippen LogP contribution in [0.2, 0.25) is 0 Å². The Morgan fingerprint density at radius 3 is 2.67 bits per heavy atom. The predicted octanol–water partition coefficient (Wildman–Crippen LogP) is 3.23. The molecule has 1 fully saturated rings. The third-order valence-electron chi connectivity index (χ3n) is 5.76. The predicted molar refractivity (Wildman–Crippen MR) is 107 cm³/mol. The fourth-order valence-electron chi connectivity index (χ4n) is 4.12. The zero-order valence-electron chi connectivity index (χ0n) is 15.0. The fourth-order valence-corrected chi connectivity index (χ4v) is 4.12. The Morgan fingerprint density at radius 2 is 1.81 bits per heavy atom. The van der Waals surface area contributed by atoms with Gasteiger partial charge in [-0.3, -0.25) is 4.98 Å². The number of nitrogens with one attached hydrogen (secondary N) is 1. The molecule has 0 saturated heterocycles. The van der Waals surface area contributed by atoms with Crippen molar-refractivity contribution in [3.8, 4) is 11.1 Å². The highest BCUT2D eigenvalue weighted by molar-refractivity contribution is 5.88. The van der Waals surface area contributed by atoms with Crippen LogP contribution >= 0.6 is 0 Å². The third kappa shape index (κ3) is 2.78. The molecule has 136 valence electrons. The Balaban J connectivity index is 1.64. The maximum absolute atomic E-state index is 6.79. The lowest BCUT2D eigenvalue weighted by molar-refractivity contribution is 0.273. The number of nitrogens with zero attached hydrogens (tertiary/aromatic N) is 3. The molecule has 3 aromatic heterocycles. The summed E-state index contributed by atoms with van der Waals surface area (Å²) in [6.07, 6.45) is 8.97. The van der Waals surface area contributed by atoms with Gasteiger partial charge < -0.3 is 16.5 Å². The van der Waals surface area contributed by atoms with Crippen LogP contribution in [0.3, 0.4) is 0 Å². The summed E-state index contributed by atoms with van der Waals surface area (Å²) < 4.78 is 0. The van der Waals surface area contributed by atoms with Crippen molar-refractivity contribution < 1.29 is 0 Å². The zero-order valence-corrected chi connectivity index (χ0v) is 15.0. The molecule has 0 bridgehead atoms. The average Bonchev–Trinajstić information content (AvgIpc) is 3.17. The molecule has 0 spiro atoms. The van der Waals surface area contributed by atoms with E-state index in [1.54, 1.807) is 6.33 Å². The topological polar surface area (TPSA) is 106 Å². The Bertz CT molecular complexity index is 1120. The van der Waals surface area contributed by atoms with E-state index in [9.17, 15) is 0 Å². The minimum Gasteiger partial charge on any atom is -0.360 e. The van der Waals surface area contributed by atoms with Crippen molar-refractivity contribution in [2.24, 2.45) is 11.5 Å². The fraction of sp³-hybridized carbons (Fsp3) is 0.286. The summed E-state index contributed by atoms with van der Waals surface area (Å²) in [6, 6.07) is 10.6. The monoisotopic (exact) mass is 358 g/mol. The normalized spacial score (nSPS) is 23.1. The van der Waals surface area contributed by atoms with Crippen molar-refractivity contribution in [1.29, 1.82) is 0 Å². The molecule has 1 aliphatic rings. The first-order chi connectivity index (χ1) is 13.1. The van der Waals surface area contributed by atoms with Gasteiger partial charge >= 0.3 is 0 Å². The second-order valence-corrected chi connectivity index (χ2v) is 7.58. The van der Waals surface area contributed by atoms with Crippen LogP contribution in [0.4, 0.5) is 0 Å². The third-order valence-corrected chi connectivity index (χ3v) is 5.76. The molecule has 0 amide bonds. The van der Waals surface area contributed by atoms with Crippen molar-refractivity contribution >= 4 is 21.9 Å². The Labute approximate surface area is 157 Å². The summed E-state index contributed by atoms with van der Waals surface area (Å²) in [5.41, 5.74) is 18.4. The van der Waals surface area contributed by atoms with E-state index in [-0.39, 0.29) is 6.04 Å². The van der Waals surface area contributed by atoms with Crippen LogP contribution in [0.15, 0.2) is 49.1 Å². The number of hydrogen-bond donors (Lipinski definition) is 3. The number of aromatic amines is 1. The second-order valence-electron chi connectivity index (χ2n) is 7.58. The van der Waals surface area contributed by atoms with Gasteiger partial charge in [0.15, 0.2) is 0 Å². The van der Waals surface area contributed by atoms with Gasteiger partial charge in [-0.05, 0) is 55.5 Å². The van der Waals surface area contributed by atoms with E-state index in [4.69, 9.17) is 11.5 Å². The Hall–Kier alpha value is -2.83. The van der Waals surface area contributed by atoms with E-state index in [0.717, 1.165) is 64.4 Å². The molecule has 5 N–H and O–H groups in total. The van der Waals surface area contributed by atoms with E-state index in [1.165, 1.54) is 0 Å². The molecular weight excluding hydrogens is 336 g/mol. The Morgan fingerprint density at radius 1 is 0.963 bits per heavy atom. The van der Waals surface area contributed by atoms with Crippen LogP contribution in [-0.4, -0.2) is 26.0 Å². The molecule has 0 atom stereocenters. The van der Waals surface area contributed by atoms with Crippen molar-refractivity contribution in [3.63, 3.8) is 0 Å². The summed E-state index contributed by atoms with van der Waals surface area (Å²) in [7, 11) is 0. The van der Waals surface area contributed by atoms with Gasteiger partial charge in [-0.15, -0.1) is 0 Å². The molecular formula is C21H22N6. The second kappa shape index (κ2) is 6.11. The molecule has 6 heteroatoms. The first-order valence-corrected chi connectivity index (χ1v) is 9.36. The number of hydrogen-bond acceptors (Lipinski definition) is 5. The number of rotatable bonds is 2. The van der Waals surface area contributed by atoms with E-state index < -0.39 is 5.54 Å². The van der Waals surface area contributed by atoms with Crippen molar-refractivity contribution in [3.05, 3.63) is 54.7 Å². The van der Waals surface area contributed by atoms with E-state index in [2.05, 4.69) is 38.1 Å². The number of fused-ring (bicyclic) bond motifs is 2. The summed E-state index contributed by atoms with van der Waals surface area (Å²) in [6.45, 7) is 0. The molecule has 0 aliphatic heterocycles. The highest BCUT2D eigenvalue weighted by Gasteiger charge is 2.34. The maximum Gasteiger partial charge on any atom is 0.116 e. The molecule has 1 saturated carbocycles. The lowest BCUT2D eigenvalue weighted by Crippen LogP contribution is -2.44. The van der Waals surface area contributed by atoms with Gasteiger partial charge in [0.05, 0.1) is 27.8 Å². The van der Waals surface area contributed by atoms with Crippen LogP contribution < -0.4 is 11.5 Å². The lowest BCUT2D eigenvalue weighted by Gasteiger charge is -2.36. The number of H-pyrrole nitrogens is 1. The highest BCUT2D eigenvalue weighted by atomic mass is 14.9. The summed E-state index contributed by atoms with van der Waals surface area (Å²) in [5, 5.41) is 1.01. The minimum absolute atomic E-state index is 0.240. The molecule has 4 aromatic rings. The number of nitrogens with two attached hydrogens (primary N) is 2. The van der Waals surface area contributed by atoms with Crippen molar-refractivity contribution in [1.82, 2.24) is 19.9 Å². The smallest absolute Gasteiger partial charge is 0.116 e. The van der Waals surface area contributed by atoms with Gasteiger partial charge in [-0.1, -0.05) is 6.07 Å². The maximum atomic E-state index is 6.79. The SMILES string of the molecule is NC1CCC(N)(c2ncnc3ccc(-c4cnc5cc[nH]c5c4)cc23)CC1. The van der Waals surface area contributed by atoms with E-state index >= 15 is 0 Å². The number of pyridine rings is 1. The standard InChI is InChI=1S/C21H22N6/c22-15-3-6-21(23,7-4-15)20-16-9-13(1-2-17(16)26-12-27-20)14-10-19-18(25-11-14)5-8-24-19/h1-2,5,8-12,15,24H,3-4,6-7,22-23H2. The summed E-state index contributed by atoms with van der Waals surface area (Å²) in [4.78, 5) is 16.8. The molecule has 5 rings (SSSR count). The van der Waals surface area contributed by atoms with Crippen molar-refractivity contribution in [2.45, 2.75) is 37.3 Å². The lowest BCUT2D eigenvalue weighted by atomic mass is 9.77. The van der Waals surface area contributed by atoms with Gasteiger partial charge in [-0.25, -0.2) is 9.97 Å². The van der Waals surface area contributed by atoms with Crippen LogP contribution in [0.5, 0.6) is 0 Å². The quantitative estimate of drug-likeness (QED) is 0.510. The molecule has 0 radical (unpaired) electrons. The first-order valence-electron chi connectivity index (χ1n) is 9.36. The van der Waals surface area contributed by atoms with Crippen LogP contribution in [0, 0.1) is 0 Å². The number of aromatic nitrogens is 4. The van der Waals surface area contributed by atoms with Crippen molar-refractivity contribution in [2.75, 3.05) is 0 Å². The minimum atomic E-state index is -0.447. The Kier molecular flexibility index (Phi) is 3.70. The van der Waals surface area contributed by atoms with Gasteiger partial charge in [0.1, 0.15) is 6.33 Å². The molecule has 27 heavy (non-hydrogen) atoms. The van der Waals surface area contributed by atoms with E-state index in [1.807, 2.05) is 24.5 Å². The summed E-state index contributed by atoms with van der Waals surface area (Å²) in [5.74, 6) is 0. The van der Waals surface area contributed by atoms with Crippen LogP contribution in [-0.2, 0) is 5.54 Å². The summed E-state index contributed by atoms with van der Waals surface area (Å²) >= 11 is 0. The molecule has 6 nitrogen and oxygen atoms in total. The van der Waals surface area contributed by atoms with Gasteiger partial charge in [0.2, 0.25) is 0 Å². The molecule has 1 aromatic carbocycles. The van der Waals surface area contributed by atoms with Gasteiger partial charge in [-0.2, -0.15) is 0 Å². The molecule has 0 unspecified atom stereocenters. The van der Waals surface area contributed by atoms with Gasteiger partial charge in [0.25, 0.3) is 0 Å². The van der Waals surface area contributed by atoms with Crippen LogP contribution in [0.25, 0.3) is 33.1 Å². The van der Waals surface area contributed by atoms with E-state index in [0.29, 0.717) is 0 Å². The number of benzene rings is 1. The average molecular weight is 358 g/mol. The highest BCUT2D eigenvalue weighted by Crippen LogP contribution is 2.37. The van der Waals surface area contributed by atoms with Crippen LogP contribution in [0.1, 0.15) is 31.4 Å². The zero-order chi connectivity index (χ0) is 18.4. The largest absolute Gasteiger partial charge is 0.360 e. The first kappa shape index (κ1) is 16.4. The molecule has 3 heterocycles. The van der Waals surface area contributed by atoms with Gasteiger partial charge in [0, 0.05) is 29.4 Å². The molecule has 1 aliphatic carbocycles.